The van der Waals surface area contributed by atoms with E-state index in [0.717, 1.165) is 0 Å². The summed E-state index contributed by atoms with van der Waals surface area (Å²) in [4.78, 5) is 8.98. The average molecular weight is 305 g/mol. The summed E-state index contributed by atoms with van der Waals surface area (Å²) in [6, 6.07) is 28.7. The van der Waals surface area contributed by atoms with Crippen LogP contribution in [0.5, 0.6) is 0 Å². The normalized spacial score (nSPS) is 8.70. The molecule has 0 bridgehead atoms. The highest BCUT2D eigenvalue weighted by atomic mass is 35.5. The molecule has 3 heteroatoms. The van der Waals surface area contributed by atoms with Crippen molar-refractivity contribution in [3.63, 3.8) is 0 Å². The summed E-state index contributed by atoms with van der Waals surface area (Å²) >= 11 is 8.80. The van der Waals surface area contributed by atoms with Crippen LogP contribution in [0.2, 0.25) is 0 Å². The molecule has 0 fully saturated rings. The number of benzene rings is 3. The van der Waals surface area contributed by atoms with Gasteiger partial charge in [0.15, 0.2) is 0 Å². The van der Waals surface area contributed by atoms with Crippen molar-refractivity contribution in [2.45, 2.75) is 0 Å². The van der Waals surface area contributed by atoms with Crippen LogP contribution in [-0.4, -0.2) is 4.70 Å². The van der Waals surface area contributed by atoms with E-state index in [1.807, 2.05) is 36.4 Å². The summed E-state index contributed by atoms with van der Waals surface area (Å²) in [7, 11) is 0. The van der Waals surface area contributed by atoms with E-state index < -0.39 is 4.70 Å². The number of hydrogen-bond donors (Lipinski definition) is 0. The molecular formula is C17H14Cl2O. The van der Waals surface area contributed by atoms with E-state index in [1.165, 1.54) is 10.8 Å². The van der Waals surface area contributed by atoms with Gasteiger partial charge in [0.05, 0.1) is 0 Å². The Morgan fingerprint density at radius 1 is 0.550 bits per heavy atom. The molecule has 0 saturated heterocycles. The fourth-order valence-electron chi connectivity index (χ4n) is 1.52. The van der Waals surface area contributed by atoms with Crippen LogP contribution in [-0.2, 0) is 0 Å². The Morgan fingerprint density at radius 2 is 0.750 bits per heavy atom. The first kappa shape index (κ1) is 16.2. The number of rotatable bonds is 0. The third-order valence-electron chi connectivity index (χ3n) is 2.33. The lowest BCUT2D eigenvalue weighted by atomic mass is 10.1. The Kier molecular flexibility index (Phi) is 8.13. The van der Waals surface area contributed by atoms with E-state index in [9.17, 15) is 0 Å². The Balaban J connectivity index is 0.000000172. The lowest BCUT2D eigenvalue weighted by molar-refractivity contribution is 0.275. The minimum absolute atomic E-state index is 0.889. The van der Waals surface area contributed by atoms with Gasteiger partial charge in [-0.05, 0) is 34.0 Å². The average Bonchev–Trinajstić information content (AvgIpc) is 2.49. The van der Waals surface area contributed by atoms with Crippen LogP contribution in [0.25, 0.3) is 10.8 Å². The Bertz CT molecular complexity index is 528. The molecule has 20 heavy (non-hydrogen) atoms. The minimum atomic E-state index is -0.889. The van der Waals surface area contributed by atoms with Crippen molar-refractivity contribution in [2.75, 3.05) is 0 Å². The zero-order chi connectivity index (χ0) is 14.6. The maximum absolute atomic E-state index is 8.98. The van der Waals surface area contributed by atoms with E-state index in [0.29, 0.717) is 0 Å². The van der Waals surface area contributed by atoms with Gasteiger partial charge in [0.1, 0.15) is 0 Å². The van der Waals surface area contributed by atoms with E-state index >= 15 is 0 Å². The number of fused-ring (bicyclic) bond motifs is 1. The van der Waals surface area contributed by atoms with Crippen LogP contribution in [0.3, 0.4) is 0 Å². The molecular weight excluding hydrogens is 291 g/mol. The molecule has 0 spiro atoms. The lowest BCUT2D eigenvalue weighted by Crippen LogP contribution is -1.67. The molecule has 0 aliphatic carbocycles. The fourth-order valence-corrected chi connectivity index (χ4v) is 1.52. The van der Waals surface area contributed by atoms with Gasteiger partial charge < -0.3 is 0 Å². The highest BCUT2D eigenvalue weighted by molar-refractivity contribution is 6.93. The highest BCUT2D eigenvalue weighted by Gasteiger charge is 1.85. The summed E-state index contributed by atoms with van der Waals surface area (Å²) in [6.45, 7) is 0. The van der Waals surface area contributed by atoms with Crippen molar-refractivity contribution in [1.82, 2.24) is 0 Å². The lowest BCUT2D eigenvalue weighted by Gasteiger charge is -1.92. The van der Waals surface area contributed by atoms with Crippen molar-refractivity contribution in [1.29, 1.82) is 0 Å². The first-order chi connectivity index (χ1) is 9.70. The standard InChI is InChI=1S/C10H8.C6H6.CCl2O/c1-2-6-10-8-4-3-7-9(10)5-1;1-2-4-6-5-3-1;2-1(3)4/h1-8H;1-6H;. The zero-order valence-electron chi connectivity index (χ0n) is 10.7. The largest absolute Gasteiger partial charge is 0.313 e. The fraction of sp³-hybridized carbons (Fsp3) is 0. The summed E-state index contributed by atoms with van der Waals surface area (Å²) in [5, 5.41) is 2.62. The van der Waals surface area contributed by atoms with Crippen molar-refractivity contribution in [3.05, 3.63) is 84.9 Å². The molecule has 0 amide bonds. The van der Waals surface area contributed by atoms with Crippen LogP contribution in [0.15, 0.2) is 84.9 Å². The molecule has 3 aromatic rings. The van der Waals surface area contributed by atoms with Gasteiger partial charge in [-0.3, -0.25) is 4.79 Å². The Morgan fingerprint density at radius 3 is 0.950 bits per heavy atom. The van der Waals surface area contributed by atoms with Crippen molar-refractivity contribution < 1.29 is 4.79 Å². The summed E-state index contributed by atoms with van der Waals surface area (Å²) < 4.78 is -0.889. The third kappa shape index (κ3) is 7.57. The molecule has 102 valence electrons. The second-order valence-corrected chi connectivity index (χ2v) is 4.61. The van der Waals surface area contributed by atoms with Gasteiger partial charge in [0.2, 0.25) is 0 Å². The molecule has 0 N–H and O–H groups in total. The van der Waals surface area contributed by atoms with E-state index in [2.05, 4.69) is 71.7 Å². The second-order valence-electron chi connectivity index (χ2n) is 3.73. The SMILES string of the molecule is O=C(Cl)Cl.c1ccc2ccccc2c1.c1ccccc1. The molecule has 0 atom stereocenters. The summed E-state index contributed by atoms with van der Waals surface area (Å²) in [6.07, 6.45) is 0. The Labute approximate surface area is 128 Å². The second kappa shape index (κ2) is 10.0. The first-order valence-electron chi connectivity index (χ1n) is 5.99. The molecule has 0 aliphatic rings. The van der Waals surface area contributed by atoms with E-state index in [4.69, 9.17) is 4.79 Å². The summed E-state index contributed by atoms with van der Waals surface area (Å²) in [5.74, 6) is 0. The highest BCUT2D eigenvalue weighted by Crippen LogP contribution is 2.11. The smallest absolute Gasteiger partial charge is 0.262 e. The molecule has 0 radical (unpaired) electrons. The minimum Gasteiger partial charge on any atom is -0.262 e. The molecule has 0 aliphatic heterocycles. The summed E-state index contributed by atoms with van der Waals surface area (Å²) in [5.41, 5.74) is 0. The maximum Gasteiger partial charge on any atom is 0.313 e. The number of halogens is 2. The van der Waals surface area contributed by atoms with Crippen molar-refractivity contribution in [2.24, 2.45) is 0 Å². The predicted molar refractivity (Wildman–Crippen MR) is 87.5 cm³/mol. The molecule has 0 unspecified atom stereocenters. The topological polar surface area (TPSA) is 17.1 Å². The van der Waals surface area contributed by atoms with E-state index in [1.54, 1.807) is 0 Å². The van der Waals surface area contributed by atoms with Crippen LogP contribution in [0.4, 0.5) is 4.79 Å². The van der Waals surface area contributed by atoms with Gasteiger partial charge >= 0.3 is 4.70 Å². The van der Waals surface area contributed by atoms with Gasteiger partial charge in [0.25, 0.3) is 0 Å². The van der Waals surface area contributed by atoms with Gasteiger partial charge in [-0.1, -0.05) is 84.9 Å². The van der Waals surface area contributed by atoms with Gasteiger partial charge in [0, 0.05) is 0 Å². The first-order valence-corrected chi connectivity index (χ1v) is 6.74. The Hall–Kier alpha value is -1.83. The number of hydrogen-bond acceptors (Lipinski definition) is 1. The number of carbonyl (C=O) groups is 1. The van der Waals surface area contributed by atoms with Crippen LogP contribution in [0, 0.1) is 0 Å². The maximum atomic E-state index is 8.98. The quantitative estimate of drug-likeness (QED) is 0.458. The van der Waals surface area contributed by atoms with Crippen LogP contribution < -0.4 is 0 Å². The molecule has 0 heterocycles. The zero-order valence-corrected chi connectivity index (χ0v) is 12.3. The molecule has 0 saturated carbocycles. The third-order valence-corrected chi connectivity index (χ3v) is 2.33. The van der Waals surface area contributed by atoms with Crippen molar-refractivity contribution >= 4 is 38.7 Å². The monoisotopic (exact) mass is 304 g/mol. The van der Waals surface area contributed by atoms with Gasteiger partial charge in [-0.25, -0.2) is 0 Å². The van der Waals surface area contributed by atoms with Crippen LogP contribution >= 0.6 is 23.2 Å². The van der Waals surface area contributed by atoms with E-state index in [-0.39, 0.29) is 0 Å². The molecule has 0 aromatic heterocycles. The van der Waals surface area contributed by atoms with Crippen molar-refractivity contribution in [3.8, 4) is 0 Å². The van der Waals surface area contributed by atoms with Crippen LogP contribution in [0.1, 0.15) is 0 Å². The molecule has 3 aromatic carbocycles. The molecule has 1 nitrogen and oxygen atoms in total. The predicted octanol–water partition coefficient (Wildman–Crippen LogP) is 6.11. The number of carbonyl (C=O) groups excluding carboxylic acids is 1. The van der Waals surface area contributed by atoms with Gasteiger partial charge in [-0.2, -0.15) is 0 Å². The van der Waals surface area contributed by atoms with Gasteiger partial charge in [-0.15, -0.1) is 0 Å². The molecule has 3 rings (SSSR count).